The van der Waals surface area contributed by atoms with Crippen LogP contribution >= 0.6 is 0 Å². The largest absolute Gasteiger partial charge is 0.487 e. The predicted octanol–water partition coefficient (Wildman–Crippen LogP) is 5.08. The van der Waals surface area contributed by atoms with Crippen molar-refractivity contribution < 1.29 is 23.7 Å². The van der Waals surface area contributed by atoms with E-state index in [0.29, 0.717) is 19.8 Å². The highest BCUT2D eigenvalue weighted by Gasteiger charge is 2.41. The number of rotatable bonds is 6. The molecule has 1 fully saturated rings. The molecule has 1 aliphatic heterocycles. The van der Waals surface area contributed by atoms with Crippen LogP contribution in [0.15, 0.2) is 54.6 Å². The Morgan fingerprint density at radius 3 is 2.29 bits per heavy atom. The second-order valence-electron chi connectivity index (χ2n) is 10.1. The number of nitrogens with zero attached hydrogens (tertiary/aromatic N) is 2. The lowest BCUT2D eigenvalue weighted by Crippen LogP contribution is -2.47. The van der Waals surface area contributed by atoms with Gasteiger partial charge in [0.25, 0.3) is 5.79 Å². The van der Waals surface area contributed by atoms with Gasteiger partial charge in [-0.15, -0.1) is 0 Å². The van der Waals surface area contributed by atoms with Gasteiger partial charge in [0.15, 0.2) is 0 Å². The Kier molecular flexibility index (Phi) is 7.01. The molecule has 2 aromatic carbocycles. The number of aromatic nitrogens is 2. The van der Waals surface area contributed by atoms with E-state index in [1.54, 1.807) is 6.92 Å². The predicted molar refractivity (Wildman–Crippen MR) is 133 cm³/mol. The molecule has 0 saturated carbocycles. The molecular formula is C28H34N2O5. The average Bonchev–Trinajstić information content (AvgIpc) is 3.28. The molecule has 0 N–H and O–H groups in total. The minimum atomic E-state index is -1.35. The number of methoxy groups -OCH3 is 1. The van der Waals surface area contributed by atoms with E-state index in [1.807, 2.05) is 28.9 Å². The van der Waals surface area contributed by atoms with Gasteiger partial charge < -0.3 is 18.9 Å². The van der Waals surface area contributed by atoms with Crippen molar-refractivity contribution in [2.24, 2.45) is 0 Å². The van der Waals surface area contributed by atoms with Crippen LogP contribution < -0.4 is 4.74 Å². The molecule has 0 atom stereocenters. The fourth-order valence-corrected chi connectivity index (χ4v) is 3.90. The van der Waals surface area contributed by atoms with E-state index in [2.05, 4.69) is 58.0 Å². The minimum absolute atomic E-state index is 0.0269. The topological polar surface area (TPSA) is 71.8 Å². The van der Waals surface area contributed by atoms with E-state index in [4.69, 9.17) is 24.0 Å². The molecule has 2 heterocycles. The fraction of sp³-hybridized carbons (Fsp3) is 0.429. The lowest BCUT2D eigenvalue weighted by Gasteiger charge is -2.35. The number of hydrogen-bond acceptors (Lipinski definition) is 6. The summed E-state index contributed by atoms with van der Waals surface area (Å²) < 4.78 is 24.2. The van der Waals surface area contributed by atoms with Crippen molar-refractivity contribution in [2.45, 2.75) is 58.3 Å². The summed E-state index contributed by atoms with van der Waals surface area (Å²) >= 11 is 0. The number of aryl methyl sites for hydroxylation is 1. The van der Waals surface area contributed by atoms with Crippen LogP contribution in [0.1, 0.15) is 56.1 Å². The van der Waals surface area contributed by atoms with Gasteiger partial charge in [-0.05, 0) is 42.8 Å². The van der Waals surface area contributed by atoms with Crippen molar-refractivity contribution in [2.75, 3.05) is 20.3 Å². The third-order valence-corrected chi connectivity index (χ3v) is 6.24. The molecule has 0 unspecified atom stereocenters. The lowest BCUT2D eigenvalue weighted by molar-refractivity contribution is -0.264. The van der Waals surface area contributed by atoms with Crippen LogP contribution in [0.3, 0.4) is 0 Å². The maximum absolute atomic E-state index is 11.9. The summed E-state index contributed by atoms with van der Waals surface area (Å²) in [5.74, 6) is -1.08. The first kappa shape index (κ1) is 24.9. The molecule has 1 saturated heterocycles. The normalized spacial score (nSPS) is 20.5. The summed E-state index contributed by atoms with van der Waals surface area (Å²) in [6.07, 6.45) is 0. The summed E-state index contributed by atoms with van der Waals surface area (Å²) in [7, 11) is 1.32. The Balaban J connectivity index is 1.44. The zero-order valence-corrected chi connectivity index (χ0v) is 21.3. The summed E-state index contributed by atoms with van der Waals surface area (Å²) in [5, 5.41) is 4.88. The first-order valence-corrected chi connectivity index (χ1v) is 11.8. The second-order valence-corrected chi connectivity index (χ2v) is 10.1. The van der Waals surface area contributed by atoms with Crippen molar-refractivity contribution in [1.82, 2.24) is 9.78 Å². The SMILES string of the molecule is COC(=O)C1(C)OCC(c2ccc(OCc3cc(C(C)(C)C)nn3-c3ccc(C)cc3)cc2)CO1. The fourth-order valence-electron chi connectivity index (χ4n) is 3.90. The van der Waals surface area contributed by atoms with E-state index >= 15 is 0 Å². The van der Waals surface area contributed by atoms with Crippen molar-refractivity contribution in [1.29, 1.82) is 0 Å². The Hall–Kier alpha value is -3.16. The van der Waals surface area contributed by atoms with Crippen LogP contribution in [0, 0.1) is 6.92 Å². The van der Waals surface area contributed by atoms with E-state index in [9.17, 15) is 4.79 Å². The zero-order valence-electron chi connectivity index (χ0n) is 21.3. The molecule has 186 valence electrons. The molecule has 7 nitrogen and oxygen atoms in total. The highest BCUT2D eigenvalue weighted by Crippen LogP contribution is 2.30. The first-order valence-electron chi connectivity index (χ1n) is 11.8. The van der Waals surface area contributed by atoms with Crippen molar-refractivity contribution in [3.8, 4) is 11.4 Å². The molecule has 35 heavy (non-hydrogen) atoms. The maximum Gasteiger partial charge on any atom is 0.366 e. The van der Waals surface area contributed by atoms with Gasteiger partial charge in [-0.3, -0.25) is 0 Å². The highest BCUT2D eigenvalue weighted by atomic mass is 16.7. The van der Waals surface area contributed by atoms with Crippen LogP contribution in [0.4, 0.5) is 0 Å². The van der Waals surface area contributed by atoms with Crippen molar-refractivity contribution >= 4 is 5.97 Å². The van der Waals surface area contributed by atoms with Gasteiger partial charge in [-0.25, -0.2) is 9.48 Å². The number of carbonyl (C=O) groups is 1. The molecular weight excluding hydrogens is 444 g/mol. The smallest absolute Gasteiger partial charge is 0.366 e. The molecule has 1 aliphatic rings. The minimum Gasteiger partial charge on any atom is -0.487 e. The van der Waals surface area contributed by atoms with E-state index in [1.165, 1.54) is 12.7 Å². The second kappa shape index (κ2) is 9.84. The molecule has 3 aromatic rings. The van der Waals surface area contributed by atoms with Gasteiger partial charge in [0, 0.05) is 18.3 Å². The van der Waals surface area contributed by atoms with Crippen molar-refractivity contribution in [3.63, 3.8) is 0 Å². The first-order chi connectivity index (χ1) is 16.6. The van der Waals surface area contributed by atoms with Gasteiger partial charge in [-0.1, -0.05) is 50.6 Å². The number of esters is 1. The highest BCUT2D eigenvalue weighted by molar-refractivity contribution is 5.77. The number of carbonyl (C=O) groups excluding carboxylic acids is 1. The summed E-state index contributed by atoms with van der Waals surface area (Å²) in [5.41, 5.74) is 5.21. The van der Waals surface area contributed by atoms with Crippen LogP contribution in [0.25, 0.3) is 5.69 Å². The molecule has 4 rings (SSSR count). The van der Waals surface area contributed by atoms with Gasteiger partial charge in [-0.2, -0.15) is 5.10 Å². The van der Waals surface area contributed by atoms with Crippen molar-refractivity contribution in [3.05, 3.63) is 77.1 Å². The molecule has 1 aromatic heterocycles. The lowest BCUT2D eigenvalue weighted by atomic mass is 9.92. The number of ether oxygens (including phenoxy) is 4. The Morgan fingerprint density at radius 1 is 1.09 bits per heavy atom. The maximum atomic E-state index is 11.9. The number of benzene rings is 2. The molecule has 0 aliphatic carbocycles. The standard InChI is InChI=1S/C28H34N2O5/c1-19-7-11-22(12-8-19)30-23(15-25(29-30)27(2,3)4)18-33-24-13-9-20(10-14-24)21-16-34-28(5,35-17-21)26(31)32-6/h7-15,21H,16-18H2,1-6H3. The third-order valence-electron chi connectivity index (χ3n) is 6.24. The molecule has 0 amide bonds. The summed E-state index contributed by atoms with van der Waals surface area (Å²) in [6, 6.07) is 18.3. The van der Waals surface area contributed by atoms with Gasteiger partial charge in [0.2, 0.25) is 0 Å². The summed E-state index contributed by atoms with van der Waals surface area (Å²) in [4.78, 5) is 11.9. The van der Waals surface area contributed by atoms with E-state index in [-0.39, 0.29) is 11.3 Å². The third kappa shape index (κ3) is 5.57. The van der Waals surface area contributed by atoms with Gasteiger partial charge in [0.05, 0.1) is 37.4 Å². The monoisotopic (exact) mass is 478 g/mol. The molecule has 0 radical (unpaired) electrons. The Morgan fingerprint density at radius 2 is 1.71 bits per heavy atom. The van der Waals surface area contributed by atoms with Crippen LogP contribution in [0.2, 0.25) is 0 Å². The van der Waals surface area contributed by atoms with E-state index < -0.39 is 11.8 Å². The molecule has 0 spiro atoms. The Labute approximate surface area is 207 Å². The average molecular weight is 479 g/mol. The number of hydrogen-bond donors (Lipinski definition) is 0. The summed E-state index contributed by atoms with van der Waals surface area (Å²) in [6.45, 7) is 11.3. The van der Waals surface area contributed by atoms with Gasteiger partial charge >= 0.3 is 5.97 Å². The van der Waals surface area contributed by atoms with E-state index in [0.717, 1.165) is 28.4 Å². The molecule has 0 bridgehead atoms. The zero-order chi connectivity index (χ0) is 25.2. The molecule has 7 heteroatoms. The van der Waals surface area contributed by atoms with Crippen LogP contribution in [0.5, 0.6) is 5.75 Å². The van der Waals surface area contributed by atoms with Gasteiger partial charge in [0.1, 0.15) is 12.4 Å². The quantitative estimate of drug-likeness (QED) is 0.460. The Bertz CT molecular complexity index is 1150. The van der Waals surface area contributed by atoms with Crippen LogP contribution in [-0.2, 0) is 31.0 Å². The van der Waals surface area contributed by atoms with Crippen LogP contribution in [-0.4, -0.2) is 41.9 Å².